The van der Waals surface area contributed by atoms with Crippen molar-refractivity contribution in [2.45, 2.75) is 37.6 Å². The van der Waals surface area contributed by atoms with Crippen molar-refractivity contribution in [3.8, 4) is 5.75 Å². The molecule has 1 fully saturated rings. The lowest BCUT2D eigenvalue weighted by molar-refractivity contribution is 0.0997. The molecule has 2 rings (SSSR count). The first-order valence-electron chi connectivity index (χ1n) is 7.27. The molecule has 1 aromatic carbocycles. The molecule has 0 aliphatic heterocycles. The Morgan fingerprint density at radius 1 is 1.41 bits per heavy atom. The van der Waals surface area contributed by atoms with E-state index in [1.54, 1.807) is 0 Å². The highest BCUT2D eigenvalue weighted by molar-refractivity contribution is 7.89. The molecular formula is C15H22N2O4S. The Kier molecular flexibility index (Phi) is 4.77. The highest BCUT2D eigenvalue weighted by Gasteiger charge is 2.38. The van der Waals surface area contributed by atoms with Crippen molar-refractivity contribution in [2.75, 3.05) is 13.7 Å². The van der Waals surface area contributed by atoms with Gasteiger partial charge in [0.15, 0.2) is 0 Å². The van der Waals surface area contributed by atoms with Gasteiger partial charge in [0, 0.05) is 12.6 Å². The lowest BCUT2D eigenvalue weighted by atomic mass is 10.2. The van der Waals surface area contributed by atoms with Crippen LogP contribution in [-0.2, 0) is 10.0 Å². The second-order valence-electron chi connectivity index (χ2n) is 5.93. The number of nitrogens with zero attached hydrogens (tertiary/aromatic N) is 1. The maximum absolute atomic E-state index is 12.9. The summed E-state index contributed by atoms with van der Waals surface area (Å²) in [6.07, 6.45) is 1.76. The first-order valence-corrected chi connectivity index (χ1v) is 8.71. The first-order chi connectivity index (χ1) is 10.3. The van der Waals surface area contributed by atoms with Gasteiger partial charge in [-0.3, -0.25) is 4.79 Å². The minimum atomic E-state index is -3.64. The predicted octanol–water partition coefficient (Wildman–Crippen LogP) is 1.60. The fraction of sp³-hybridized carbons (Fsp3) is 0.533. The standard InChI is InChI=1S/C15H22N2O4S/c1-10(2)9-17(11-4-5-11)22(19,20)12-6-7-14(21-3)13(8-12)15(16)18/h6-8,10-11H,4-5,9H2,1-3H3,(H2,16,18). The number of hydrogen-bond acceptors (Lipinski definition) is 4. The van der Waals surface area contributed by atoms with E-state index in [0.717, 1.165) is 12.8 Å². The molecule has 1 amide bonds. The van der Waals surface area contributed by atoms with Crippen molar-refractivity contribution < 1.29 is 17.9 Å². The highest BCUT2D eigenvalue weighted by Crippen LogP contribution is 2.33. The third-order valence-electron chi connectivity index (χ3n) is 3.54. The minimum Gasteiger partial charge on any atom is -0.496 e. The molecule has 22 heavy (non-hydrogen) atoms. The predicted molar refractivity (Wildman–Crippen MR) is 83.3 cm³/mol. The lowest BCUT2D eigenvalue weighted by Crippen LogP contribution is -2.36. The summed E-state index contributed by atoms with van der Waals surface area (Å²) in [4.78, 5) is 11.6. The molecule has 122 valence electrons. The van der Waals surface area contributed by atoms with Gasteiger partial charge in [-0.05, 0) is 37.0 Å². The van der Waals surface area contributed by atoms with Crippen LogP contribution in [0.25, 0.3) is 0 Å². The van der Waals surface area contributed by atoms with Crippen molar-refractivity contribution in [3.63, 3.8) is 0 Å². The quantitative estimate of drug-likeness (QED) is 0.824. The summed E-state index contributed by atoms with van der Waals surface area (Å²) in [6.45, 7) is 4.42. The number of rotatable bonds is 7. The van der Waals surface area contributed by atoms with Crippen LogP contribution in [0.5, 0.6) is 5.75 Å². The van der Waals surface area contributed by atoms with Crippen LogP contribution >= 0.6 is 0 Å². The summed E-state index contributed by atoms with van der Waals surface area (Å²) >= 11 is 0. The summed E-state index contributed by atoms with van der Waals surface area (Å²) in [5.41, 5.74) is 5.38. The summed E-state index contributed by atoms with van der Waals surface area (Å²) in [6, 6.07) is 4.28. The minimum absolute atomic E-state index is 0.0616. The van der Waals surface area contributed by atoms with Crippen LogP contribution < -0.4 is 10.5 Å². The smallest absolute Gasteiger partial charge is 0.252 e. The van der Waals surface area contributed by atoms with Crippen molar-refractivity contribution in [3.05, 3.63) is 23.8 Å². The zero-order chi connectivity index (χ0) is 16.5. The molecule has 0 spiro atoms. The van der Waals surface area contributed by atoms with E-state index in [1.807, 2.05) is 13.8 Å². The van der Waals surface area contributed by atoms with Gasteiger partial charge in [0.25, 0.3) is 5.91 Å². The lowest BCUT2D eigenvalue weighted by Gasteiger charge is -2.24. The van der Waals surface area contributed by atoms with Gasteiger partial charge in [-0.2, -0.15) is 4.31 Å². The van der Waals surface area contributed by atoms with Crippen LogP contribution in [0.3, 0.4) is 0 Å². The number of benzene rings is 1. The summed E-state index contributed by atoms with van der Waals surface area (Å²) in [5, 5.41) is 0. The van der Waals surface area contributed by atoms with E-state index in [1.165, 1.54) is 29.6 Å². The Morgan fingerprint density at radius 2 is 2.05 bits per heavy atom. The summed E-state index contributed by atoms with van der Waals surface area (Å²) < 4.78 is 32.3. The molecule has 0 heterocycles. The third kappa shape index (κ3) is 3.41. The molecule has 0 radical (unpaired) electrons. The van der Waals surface area contributed by atoms with E-state index in [9.17, 15) is 13.2 Å². The molecule has 0 atom stereocenters. The van der Waals surface area contributed by atoms with Crippen LogP contribution in [0, 0.1) is 5.92 Å². The van der Waals surface area contributed by atoms with Gasteiger partial charge < -0.3 is 10.5 Å². The molecule has 1 saturated carbocycles. The molecule has 2 N–H and O–H groups in total. The molecule has 1 aromatic rings. The highest BCUT2D eigenvalue weighted by atomic mass is 32.2. The van der Waals surface area contributed by atoms with E-state index in [-0.39, 0.29) is 28.2 Å². The van der Waals surface area contributed by atoms with Gasteiger partial charge in [-0.1, -0.05) is 13.8 Å². The van der Waals surface area contributed by atoms with Gasteiger partial charge in [0.2, 0.25) is 10.0 Å². The van der Waals surface area contributed by atoms with E-state index < -0.39 is 15.9 Å². The van der Waals surface area contributed by atoms with E-state index in [4.69, 9.17) is 10.5 Å². The van der Waals surface area contributed by atoms with Crippen LogP contribution in [0.2, 0.25) is 0 Å². The van der Waals surface area contributed by atoms with Gasteiger partial charge in [-0.25, -0.2) is 8.42 Å². The maximum Gasteiger partial charge on any atom is 0.252 e. The Hall–Kier alpha value is -1.60. The van der Waals surface area contributed by atoms with E-state index in [2.05, 4.69) is 0 Å². The van der Waals surface area contributed by atoms with Crippen molar-refractivity contribution in [1.29, 1.82) is 0 Å². The van der Waals surface area contributed by atoms with E-state index in [0.29, 0.717) is 6.54 Å². The maximum atomic E-state index is 12.9. The van der Waals surface area contributed by atoms with Crippen molar-refractivity contribution in [2.24, 2.45) is 11.7 Å². The summed E-state index contributed by atoms with van der Waals surface area (Å²) in [7, 11) is -2.24. The Bertz CT molecular complexity index is 666. The van der Waals surface area contributed by atoms with Crippen molar-refractivity contribution in [1.82, 2.24) is 4.31 Å². The third-order valence-corrected chi connectivity index (χ3v) is 5.46. The molecule has 0 bridgehead atoms. The molecule has 0 aromatic heterocycles. The van der Waals surface area contributed by atoms with Crippen LogP contribution in [0.4, 0.5) is 0 Å². The van der Waals surface area contributed by atoms with Gasteiger partial charge in [0.1, 0.15) is 5.75 Å². The van der Waals surface area contributed by atoms with E-state index >= 15 is 0 Å². The fourth-order valence-electron chi connectivity index (χ4n) is 2.34. The molecule has 0 saturated heterocycles. The fourth-order valence-corrected chi connectivity index (χ4v) is 4.22. The Labute approximate surface area is 131 Å². The molecule has 0 unspecified atom stereocenters. The Balaban J connectivity index is 2.43. The number of methoxy groups -OCH3 is 1. The zero-order valence-electron chi connectivity index (χ0n) is 13.1. The van der Waals surface area contributed by atoms with Gasteiger partial charge in [-0.15, -0.1) is 0 Å². The number of nitrogens with two attached hydrogens (primary N) is 1. The number of sulfonamides is 1. The second kappa shape index (κ2) is 6.26. The summed E-state index contributed by atoms with van der Waals surface area (Å²) in [5.74, 6) is -0.215. The first kappa shape index (κ1) is 16.8. The largest absolute Gasteiger partial charge is 0.496 e. The number of carbonyl (C=O) groups is 1. The SMILES string of the molecule is COc1ccc(S(=O)(=O)N(CC(C)C)C2CC2)cc1C(N)=O. The Morgan fingerprint density at radius 3 is 2.50 bits per heavy atom. The topological polar surface area (TPSA) is 89.7 Å². The molecule has 6 nitrogen and oxygen atoms in total. The zero-order valence-corrected chi connectivity index (χ0v) is 13.9. The van der Waals surface area contributed by atoms with Crippen LogP contribution in [0.15, 0.2) is 23.1 Å². The average molecular weight is 326 g/mol. The van der Waals surface area contributed by atoms with Gasteiger partial charge >= 0.3 is 0 Å². The van der Waals surface area contributed by atoms with Gasteiger partial charge in [0.05, 0.1) is 17.6 Å². The molecule has 1 aliphatic rings. The van der Waals surface area contributed by atoms with Crippen molar-refractivity contribution >= 4 is 15.9 Å². The normalized spacial score (nSPS) is 15.3. The second-order valence-corrected chi connectivity index (χ2v) is 7.82. The van der Waals surface area contributed by atoms with Crippen LogP contribution in [0.1, 0.15) is 37.0 Å². The molecular weight excluding hydrogens is 304 g/mol. The van der Waals surface area contributed by atoms with Crippen LogP contribution in [-0.4, -0.2) is 38.3 Å². The monoisotopic (exact) mass is 326 g/mol. The number of ether oxygens (including phenoxy) is 1. The number of carbonyl (C=O) groups excluding carboxylic acids is 1. The number of amides is 1. The average Bonchev–Trinajstić information content (AvgIpc) is 3.28. The number of primary amides is 1. The molecule has 1 aliphatic carbocycles. The molecule has 7 heteroatoms. The number of hydrogen-bond donors (Lipinski definition) is 1.